The van der Waals surface area contributed by atoms with E-state index in [-0.39, 0.29) is 18.4 Å². The van der Waals surface area contributed by atoms with Crippen molar-refractivity contribution < 1.29 is 4.79 Å². The number of anilines is 1. The van der Waals surface area contributed by atoms with Crippen LogP contribution in [0.25, 0.3) is 22.3 Å². The van der Waals surface area contributed by atoms with Crippen LogP contribution in [0.5, 0.6) is 0 Å². The van der Waals surface area contributed by atoms with Gasteiger partial charge in [0, 0.05) is 48.7 Å². The van der Waals surface area contributed by atoms with Crippen LogP contribution in [0.4, 0.5) is 5.69 Å². The molecule has 1 aliphatic rings. The highest BCUT2D eigenvalue weighted by Gasteiger charge is 2.24. The molecule has 0 aromatic carbocycles. The van der Waals surface area contributed by atoms with E-state index in [1.807, 2.05) is 29.4 Å². The van der Waals surface area contributed by atoms with Crippen molar-refractivity contribution in [1.82, 2.24) is 24.8 Å². The zero-order valence-electron chi connectivity index (χ0n) is 14.9. The minimum absolute atomic E-state index is 0.0153. The van der Waals surface area contributed by atoms with Gasteiger partial charge in [-0.3, -0.25) is 4.79 Å². The number of nitrogens with one attached hydrogen (secondary N) is 2. The Morgan fingerprint density at radius 2 is 2.33 bits per heavy atom. The summed E-state index contributed by atoms with van der Waals surface area (Å²) in [5.74, 6) is 2.46. The Labute approximate surface area is 157 Å². The van der Waals surface area contributed by atoms with Crippen molar-refractivity contribution in [1.29, 1.82) is 0 Å². The molecule has 0 radical (unpaired) electrons. The number of carbonyl (C=O) groups excluding carboxylic acids is 1. The zero-order valence-corrected chi connectivity index (χ0v) is 14.9. The number of H-pyrrole nitrogens is 1. The molecule has 3 aromatic heterocycles. The van der Waals surface area contributed by atoms with E-state index in [9.17, 15) is 4.79 Å². The molecule has 7 heteroatoms. The van der Waals surface area contributed by atoms with Crippen LogP contribution in [0.1, 0.15) is 19.3 Å². The largest absolute Gasteiger partial charge is 0.379 e. The van der Waals surface area contributed by atoms with Crippen molar-refractivity contribution in [2.45, 2.75) is 25.3 Å². The summed E-state index contributed by atoms with van der Waals surface area (Å²) in [4.78, 5) is 30.0. The standard InChI is InChI=1S/C20H20N6O/c1-2-4-18(27)26-10-3-5-14(12-26)25-19-15-6-9-22-20(15)23-11-16(19)17-7-8-21-13-24-17/h1,6-9,11,13-14H,3-5,10,12H2,(H2,22,23,25)/t14-/m1/s1. The number of hydrogen-bond donors (Lipinski definition) is 2. The fraction of sp³-hybridized carbons (Fsp3) is 0.300. The summed E-state index contributed by atoms with van der Waals surface area (Å²) in [7, 11) is 0. The molecule has 1 amide bonds. The summed E-state index contributed by atoms with van der Waals surface area (Å²) in [6, 6.07) is 4.01. The third kappa shape index (κ3) is 3.47. The van der Waals surface area contributed by atoms with Crippen molar-refractivity contribution in [3.8, 4) is 23.6 Å². The van der Waals surface area contributed by atoms with Crippen molar-refractivity contribution in [2.24, 2.45) is 0 Å². The molecule has 1 fully saturated rings. The van der Waals surface area contributed by atoms with Gasteiger partial charge in [-0.05, 0) is 25.0 Å². The highest BCUT2D eigenvalue weighted by molar-refractivity contribution is 5.97. The number of carbonyl (C=O) groups is 1. The lowest BCUT2D eigenvalue weighted by atomic mass is 10.0. The highest BCUT2D eigenvalue weighted by atomic mass is 16.2. The average Bonchev–Trinajstić information content (AvgIpc) is 3.19. The molecule has 2 N–H and O–H groups in total. The summed E-state index contributed by atoms with van der Waals surface area (Å²) in [5.41, 5.74) is 3.50. The topological polar surface area (TPSA) is 86.8 Å². The number of piperidine rings is 1. The first-order valence-electron chi connectivity index (χ1n) is 8.96. The fourth-order valence-corrected chi connectivity index (χ4v) is 3.53. The van der Waals surface area contributed by atoms with E-state index in [1.54, 1.807) is 6.20 Å². The quantitative estimate of drug-likeness (QED) is 0.698. The number of pyridine rings is 1. The first kappa shape index (κ1) is 17.0. The van der Waals surface area contributed by atoms with Gasteiger partial charge >= 0.3 is 0 Å². The number of amides is 1. The van der Waals surface area contributed by atoms with Gasteiger partial charge in [-0.25, -0.2) is 15.0 Å². The number of aromatic nitrogens is 4. The molecule has 0 aliphatic carbocycles. The van der Waals surface area contributed by atoms with E-state index in [4.69, 9.17) is 6.42 Å². The van der Waals surface area contributed by atoms with E-state index >= 15 is 0 Å². The molecule has 0 spiro atoms. The highest BCUT2D eigenvalue weighted by Crippen LogP contribution is 2.33. The number of nitrogens with zero attached hydrogens (tertiary/aromatic N) is 4. The minimum atomic E-state index is 0.0153. The number of likely N-dealkylation sites (tertiary alicyclic amines) is 1. The summed E-state index contributed by atoms with van der Waals surface area (Å²) < 4.78 is 0. The SMILES string of the molecule is C#CCC(=O)N1CCC[C@@H](Nc2c(-c3ccncn3)cnc3[nH]ccc23)C1. The molecule has 136 valence electrons. The van der Waals surface area contributed by atoms with Crippen LogP contribution >= 0.6 is 0 Å². The lowest BCUT2D eigenvalue weighted by molar-refractivity contribution is -0.131. The second-order valence-electron chi connectivity index (χ2n) is 6.59. The predicted octanol–water partition coefficient (Wildman–Crippen LogP) is 2.45. The number of rotatable bonds is 4. The predicted molar refractivity (Wildman–Crippen MR) is 104 cm³/mol. The maximum atomic E-state index is 12.2. The first-order valence-corrected chi connectivity index (χ1v) is 8.96. The van der Waals surface area contributed by atoms with Crippen LogP contribution in [0.3, 0.4) is 0 Å². The maximum Gasteiger partial charge on any atom is 0.234 e. The molecule has 4 heterocycles. The minimum Gasteiger partial charge on any atom is -0.379 e. The number of fused-ring (bicyclic) bond motifs is 1. The second-order valence-corrected chi connectivity index (χ2v) is 6.59. The average molecular weight is 360 g/mol. The third-order valence-electron chi connectivity index (χ3n) is 4.82. The first-order chi connectivity index (χ1) is 13.3. The summed E-state index contributed by atoms with van der Waals surface area (Å²) in [6.07, 6.45) is 14.3. The molecular weight excluding hydrogens is 340 g/mol. The van der Waals surface area contributed by atoms with Crippen LogP contribution < -0.4 is 5.32 Å². The molecule has 3 aromatic rings. The zero-order chi connectivity index (χ0) is 18.6. The van der Waals surface area contributed by atoms with Gasteiger partial charge in [-0.15, -0.1) is 6.42 Å². The van der Waals surface area contributed by atoms with Crippen molar-refractivity contribution >= 4 is 22.6 Å². The smallest absolute Gasteiger partial charge is 0.234 e. The fourth-order valence-electron chi connectivity index (χ4n) is 3.53. The van der Waals surface area contributed by atoms with E-state index in [0.717, 1.165) is 47.4 Å². The Morgan fingerprint density at radius 3 is 3.15 bits per heavy atom. The lowest BCUT2D eigenvalue weighted by Gasteiger charge is -2.34. The van der Waals surface area contributed by atoms with Crippen LogP contribution in [0.2, 0.25) is 0 Å². The van der Waals surface area contributed by atoms with E-state index in [1.165, 1.54) is 6.33 Å². The molecular formula is C20H20N6O. The summed E-state index contributed by atoms with van der Waals surface area (Å²) in [6.45, 7) is 1.39. The summed E-state index contributed by atoms with van der Waals surface area (Å²) in [5, 5.41) is 4.64. The molecule has 4 rings (SSSR count). The number of terminal acetylenes is 1. The Morgan fingerprint density at radius 1 is 1.41 bits per heavy atom. The molecule has 0 bridgehead atoms. The Kier molecular flexibility index (Phi) is 4.71. The van der Waals surface area contributed by atoms with Crippen molar-refractivity contribution in [3.05, 3.63) is 37.1 Å². The monoisotopic (exact) mass is 360 g/mol. The normalized spacial score (nSPS) is 16.9. The lowest BCUT2D eigenvalue weighted by Crippen LogP contribution is -2.45. The number of aromatic amines is 1. The van der Waals surface area contributed by atoms with Crippen LogP contribution in [0, 0.1) is 12.3 Å². The van der Waals surface area contributed by atoms with Crippen molar-refractivity contribution in [3.63, 3.8) is 0 Å². The van der Waals surface area contributed by atoms with Gasteiger partial charge in [0.15, 0.2) is 0 Å². The van der Waals surface area contributed by atoms with Gasteiger partial charge in [0.05, 0.1) is 17.8 Å². The molecule has 1 atom stereocenters. The van der Waals surface area contributed by atoms with E-state index < -0.39 is 0 Å². The second kappa shape index (κ2) is 7.46. The molecule has 0 unspecified atom stereocenters. The van der Waals surface area contributed by atoms with E-state index in [2.05, 4.69) is 31.2 Å². The molecule has 27 heavy (non-hydrogen) atoms. The maximum absolute atomic E-state index is 12.2. The summed E-state index contributed by atoms with van der Waals surface area (Å²) >= 11 is 0. The van der Waals surface area contributed by atoms with E-state index in [0.29, 0.717) is 6.54 Å². The third-order valence-corrected chi connectivity index (χ3v) is 4.82. The Bertz CT molecular complexity index is 991. The van der Waals surface area contributed by atoms with Gasteiger partial charge in [0.1, 0.15) is 12.0 Å². The van der Waals surface area contributed by atoms with Crippen LogP contribution in [-0.2, 0) is 4.79 Å². The Hall–Kier alpha value is -3.40. The van der Waals surface area contributed by atoms with Crippen LogP contribution in [0.15, 0.2) is 37.1 Å². The molecule has 1 saturated heterocycles. The Balaban J connectivity index is 1.66. The number of hydrogen-bond acceptors (Lipinski definition) is 5. The van der Waals surface area contributed by atoms with Gasteiger partial charge in [0.25, 0.3) is 0 Å². The molecule has 0 saturated carbocycles. The van der Waals surface area contributed by atoms with Crippen molar-refractivity contribution in [2.75, 3.05) is 18.4 Å². The van der Waals surface area contributed by atoms with Gasteiger partial charge < -0.3 is 15.2 Å². The van der Waals surface area contributed by atoms with Crippen LogP contribution in [-0.4, -0.2) is 49.9 Å². The van der Waals surface area contributed by atoms with Gasteiger partial charge in [-0.1, -0.05) is 5.92 Å². The molecule has 7 nitrogen and oxygen atoms in total. The molecule has 1 aliphatic heterocycles. The van der Waals surface area contributed by atoms with Gasteiger partial charge in [-0.2, -0.15) is 0 Å². The van der Waals surface area contributed by atoms with Gasteiger partial charge in [0.2, 0.25) is 5.91 Å².